The van der Waals surface area contributed by atoms with Crippen LogP contribution in [-0.4, -0.2) is 45.9 Å². The van der Waals surface area contributed by atoms with Gasteiger partial charge in [0, 0.05) is 30.8 Å². The Morgan fingerprint density at radius 2 is 1.88 bits per heavy atom. The van der Waals surface area contributed by atoms with Gasteiger partial charge in [0.2, 0.25) is 5.91 Å². The molecule has 0 bridgehead atoms. The van der Waals surface area contributed by atoms with Crippen LogP contribution in [0.2, 0.25) is 0 Å². The highest BCUT2D eigenvalue weighted by molar-refractivity contribution is 9.10. The molecule has 0 saturated carbocycles. The molecule has 0 aliphatic carbocycles. The number of carbonyl (C=O) groups excluding carboxylic acids is 2. The number of halogens is 1. The zero-order valence-corrected chi connectivity index (χ0v) is 21.1. The number of nitrogens with zero attached hydrogens (tertiary/aromatic N) is 3. The topological polar surface area (TPSA) is 86.1 Å². The first-order valence-corrected chi connectivity index (χ1v) is 12.4. The van der Waals surface area contributed by atoms with E-state index in [1.807, 2.05) is 28.8 Å². The number of rotatable bonds is 9. The largest absolute Gasteiger partial charge is 0.496 e. The van der Waals surface area contributed by atoms with Crippen LogP contribution in [0.5, 0.6) is 5.75 Å². The Balaban J connectivity index is 1.64. The molecular weight excluding hydrogens is 516 g/mol. The number of carbonyl (C=O) groups is 2. The second-order valence-electron chi connectivity index (χ2n) is 7.53. The summed E-state index contributed by atoms with van der Waals surface area (Å²) >= 11 is 4.77. The highest BCUT2D eigenvalue weighted by Gasteiger charge is 2.18. The lowest BCUT2D eigenvalue weighted by molar-refractivity contribution is -0.118. The van der Waals surface area contributed by atoms with Gasteiger partial charge in [0.15, 0.2) is 10.9 Å². The molecule has 4 rings (SSSR count). The Morgan fingerprint density at radius 1 is 1.09 bits per heavy atom. The minimum absolute atomic E-state index is 0.0272. The van der Waals surface area contributed by atoms with Crippen LogP contribution in [0.3, 0.4) is 0 Å². The number of hydrogen-bond acceptors (Lipinski definition) is 6. The van der Waals surface area contributed by atoms with Crippen LogP contribution < -0.4 is 10.1 Å². The maximum atomic E-state index is 12.9. The van der Waals surface area contributed by atoms with E-state index in [0.29, 0.717) is 35.3 Å². The van der Waals surface area contributed by atoms with Crippen molar-refractivity contribution in [2.75, 3.05) is 19.4 Å². The van der Waals surface area contributed by atoms with Crippen LogP contribution in [0.15, 0.2) is 70.3 Å². The number of nitrogens with one attached hydrogen (secondary N) is 1. The summed E-state index contributed by atoms with van der Waals surface area (Å²) in [6.45, 7) is 1.93. The summed E-state index contributed by atoms with van der Waals surface area (Å²) in [5, 5.41) is 14.4. The smallest absolute Gasteiger partial charge is 0.216 e. The molecule has 4 aromatic rings. The summed E-state index contributed by atoms with van der Waals surface area (Å²) in [6.07, 6.45) is 0.510. The SMILES string of the molecule is COc1ccc(C(=O)CSc2nnc(CCNC(C)=O)n2-c2cccc3ccccc23)cc1Br. The second-order valence-corrected chi connectivity index (χ2v) is 9.32. The standard InChI is InChI=1S/C25H23BrN4O3S/c1-16(31)27-13-12-24-28-29-25(30(24)21-9-5-7-17-6-3-4-8-19(17)21)34-15-22(32)18-10-11-23(33-2)20(26)14-18/h3-11,14H,12-13,15H2,1-2H3,(H,27,31). The lowest BCUT2D eigenvalue weighted by atomic mass is 10.1. The Bertz CT molecular complexity index is 1350. The molecule has 0 unspecified atom stereocenters. The monoisotopic (exact) mass is 538 g/mol. The van der Waals surface area contributed by atoms with Gasteiger partial charge < -0.3 is 10.1 Å². The average Bonchev–Trinajstić information content (AvgIpc) is 3.24. The number of ether oxygens (including phenoxy) is 1. The minimum Gasteiger partial charge on any atom is -0.496 e. The normalized spacial score (nSPS) is 10.9. The Labute approximate surface area is 210 Å². The van der Waals surface area contributed by atoms with E-state index >= 15 is 0 Å². The van der Waals surface area contributed by atoms with Crippen molar-refractivity contribution in [3.8, 4) is 11.4 Å². The number of methoxy groups -OCH3 is 1. The fourth-order valence-electron chi connectivity index (χ4n) is 3.60. The molecule has 34 heavy (non-hydrogen) atoms. The van der Waals surface area contributed by atoms with Crippen molar-refractivity contribution >= 4 is 50.2 Å². The molecule has 0 saturated heterocycles. The Hall–Kier alpha value is -3.17. The predicted octanol–water partition coefficient (Wildman–Crippen LogP) is 4.85. The van der Waals surface area contributed by atoms with Gasteiger partial charge in [-0.3, -0.25) is 14.2 Å². The molecule has 0 radical (unpaired) electrons. The molecule has 3 aromatic carbocycles. The molecule has 1 aromatic heterocycles. The number of fused-ring (bicyclic) bond motifs is 1. The van der Waals surface area contributed by atoms with Crippen molar-refractivity contribution < 1.29 is 14.3 Å². The molecule has 0 spiro atoms. The highest BCUT2D eigenvalue weighted by atomic mass is 79.9. The number of amides is 1. The highest BCUT2D eigenvalue weighted by Crippen LogP contribution is 2.30. The van der Waals surface area contributed by atoms with E-state index in [2.05, 4.69) is 49.6 Å². The van der Waals surface area contributed by atoms with Crippen molar-refractivity contribution in [2.45, 2.75) is 18.5 Å². The summed E-state index contributed by atoms with van der Waals surface area (Å²) in [6, 6.07) is 19.4. The van der Waals surface area contributed by atoms with Crippen LogP contribution in [-0.2, 0) is 11.2 Å². The first kappa shape index (κ1) is 24.0. The van der Waals surface area contributed by atoms with E-state index in [4.69, 9.17) is 4.74 Å². The van der Waals surface area contributed by atoms with Crippen LogP contribution in [0.4, 0.5) is 0 Å². The van der Waals surface area contributed by atoms with Crippen molar-refractivity contribution in [1.29, 1.82) is 0 Å². The van der Waals surface area contributed by atoms with Crippen LogP contribution in [0.25, 0.3) is 16.5 Å². The lowest BCUT2D eigenvalue weighted by Gasteiger charge is -2.13. The molecule has 9 heteroatoms. The fraction of sp³-hybridized carbons (Fsp3) is 0.200. The third-order valence-electron chi connectivity index (χ3n) is 5.24. The number of ketones is 1. The van der Waals surface area contributed by atoms with Gasteiger partial charge in [-0.2, -0.15) is 0 Å². The lowest BCUT2D eigenvalue weighted by Crippen LogP contribution is -2.23. The number of thioether (sulfide) groups is 1. The van der Waals surface area contributed by atoms with Crippen LogP contribution in [0, 0.1) is 0 Å². The van der Waals surface area contributed by atoms with E-state index in [9.17, 15) is 9.59 Å². The van der Waals surface area contributed by atoms with Gasteiger partial charge in [-0.15, -0.1) is 10.2 Å². The maximum absolute atomic E-state index is 12.9. The quantitative estimate of drug-likeness (QED) is 0.242. The molecular formula is C25H23BrN4O3S. The second kappa shape index (κ2) is 10.8. The predicted molar refractivity (Wildman–Crippen MR) is 137 cm³/mol. The van der Waals surface area contributed by atoms with Gasteiger partial charge in [0.1, 0.15) is 11.6 Å². The molecule has 1 heterocycles. The zero-order chi connectivity index (χ0) is 24.1. The summed E-state index contributed by atoms with van der Waals surface area (Å²) in [5.74, 6) is 1.46. The first-order valence-electron chi connectivity index (χ1n) is 10.6. The summed E-state index contributed by atoms with van der Waals surface area (Å²) in [7, 11) is 1.58. The summed E-state index contributed by atoms with van der Waals surface area (Å²) in [5.41, 5.74) is 1.52. The Kier molecular flexibility index (Phi) is 7.64. The molecule has 0 aliphatic rings. The molecule has 1 amide bonds. The van der Waals surface area contributed by atoms with Crippen molar-refractivity contribution in [1.82, 2.24) is 20.1 Å². The van der Waals surface area contributed by atoms with Gasteiger partial charge in [-0.1, -0.05) is 48.2 Å². The molecule has 0 fully saturated rings. The molecule has 7 nitrogen and oxygen atoms in total. The van der Waals surface area contributed by atoms with E-state index in [-0.39, 0.29) is 17.4 Å². The molecule has 174 valence electrons. The third kappa shape index (κ3) is 5.31. The molecule has 1 N–H and O–H groups in total. The number of aromatic nitrogens is 3. The number of Topliss-reactive ketones (excluding diaryl/α,β-unsaturated/α-hetero) is 1. The molecule has 0 atom stereocenters. The fourth-order valence-corrected chi connectivity index (χ4v) is 5.00. The van der Waals surface area contributed by atoms with Crippen molar-refractivity contribution in [2.24, 2.45) is 0 Å². The average molecular weight is 539 g/mol. The molecule has 0 aliphatic heterocycles. The van der Waals surface area contributed by atoms with E-state index in [1.165, 1.54) is 18.7 Å². The van der Waals surface area contributed by atoms with Crippen molar-refractivity contribution in [3.63, 3.8) is 0 Å². The van der Waals surface area contributed by atoms with E-state index in [0.717, 1.165) is 20.9 Å². The van der Waals surface area contributed by atoms with E-state index < -0.39 is 0 Å². The number of benzene rings is 3. The third-order valence-corrected chi connectivity index (χ3v) is 6.79. The van der Waals surface area contributed by atoms with Crippen LogP contribution in [0.1, 0.15) is 23.1 Å². The van der Waals surface area contributed by atoms with Gasteiger partial charge >= 0.3 is 0 Å². The van der Waals surface area contributed by atoms with Gasteiger partial charge in [-0.05, 0) is 45.6 Å². The number of hydrogen-bond donors (Lipinski definition) is 1. The first-order chi connectivity index (χ1) is 16.5. The van der Waals surface area contributed by atoms with Crippen LogP contribution >= 0.6 is 27.7 Å². The summed E-state index contributed by atoms with van der Waals surface area (Å²) in [4.78, 5) is 24.2. The Morgan fingerprint density at radius 3 is 2.65 bits per heavy atom. The maximum Gasteiger partial charge on any atom is 0.216 e. The van der Waals surface area contributed by atoms with Crippen molar-refractivity contribution in [3.05, 3.63) is 76.5 Å². The zero-order valence-electron chi connectivity index (χ0n) is 18.7. The van der Waals surface area contributed by atoms with E-state index in [1.54, 1.807) is 25.3 Å². The minimum atomic E-state index is -0.0953. The van der Waals surface area contributed by atoms with Gasteiger partial charge in [0.25, 0.3) is 0 Å². The summed E-state index contributed by atoms with van der Waals surface area (Å²) < 4.78 is 7.95. The van der Waals surface area contributed by atoms with Gasteiger partial charge in [0.05, 0.1) is 23.0 Å². The van der Waals surface area contributed by atoms with Gasteiger partial charge in [-0.25, -0.2) is 0 Å².